The van der Waals surface area contributed by atoms with E-state index in [0.29, 0.717) is 6.61 Å². The molecule has 7 heteroatoms. The van der Waals surface area contributed by atoms with E-state index in [1.54, 1.807) is 0 Å². The number of rotatable bonds is 2. The first-order valence-corrected chi connectivity index (χ1v) is 7.08. The van der Waals surface area contributed by atoms with Gasteiger partial charge in [0.25, 0.3) is 5.91 Å². The molecule has 108 valence electrons. The fourth-order valence-electron chi connectivity index (χ4n) is 2.23. The molecule has 21 heavy (non-hydrogen) atoms. The van der Waals surface area contributed by atoms with Gasteiger partial charge < -0.3 is 10.1 Å². The largest absolute Gasteiger partial charge is 0.363 e. The van der Waals surface area contributed by atoms with Crippen LogP contribution in [0.2, 0.25) is 10.2 Å². The molecule has 0 saturated carbocycles. The minimum atomic E-state index is -0.681. The van der Waals surface area contributed by atoms with Crippen LogP contribution in [0.15, 0.2) is 30.6 Å². The molecule has 1 aliphatic rings. The van der Waals surface area contributed by atoms with E-state index in [-0.39, 0.29) is 21.9 Å². The predicted octanol–water partition coefficient (Wildman–Crippen LogP) is 3.04. The second kappa shape index (κ2) is 5.97. The second-order valence-electron chi connectivity index (χ2n) is 4.52. The zero-order valence-electron chi connectivity index (χ0n) is 10.8. The fraction of sp³-hybridized carbons (Fsp3) is 0.214. The van der Waals surface area contributed by atoms with Crippen LogP contribution in [0, 0.1) is 0 Å². The lowest BCUT2D eigenvalue weighted by atomic mass is 9.97. The molecule has 1 aromatic carbocycles. The number of halogens is 2. The van der Waals surface area contributed by atoms with Gasteiger partial charge in [-0.15, -0.1) is 0 Å². The summed E-state index contributed by atoms with van der Waals surface area (Å²) in [6.45, 7) is 0.493. The van der Waals surface area contributed by atoms with Crippen LogP contribution < -0.4 is 5.32 Å². The lowest BCUT2D eigenvalue weighted by Gasteiger charge is -2.25. The normalized spacial score (nSPS) is 17.1. The first-order valence-electron chi connectivity index (χ1n) is 6.33. The van der Waals surface area contributed by atoms with Crippen molar-refractivity contribution < 1.29 is 9.53 Å². The van der Waals surface area contributed by atoms with Crippen LogP contribution in [0.3, 0.4) is 0 Å². The smallest absolute Gasteiger partial charge is 0.259 e. The third kappa shape index (κ3) is 2.85. The van der Waals surface area contributed by atoms with Crippen molar-refractivity contribution in [2.75, 3.05) is 11.9 Å². The number of nitrogens with zero attached hydrogens (tertiary/aromatic N) is 2. The summed E-state index contributed by atoms with van der Waals surface area (Å²) < 4.78 is 5.58. The molecule has 0 bridgehead atoms. The van der Waals surface area contributed by atoms with Gasteiger partial charge in [0.05, 0.1) is 6.61 Å². The van der Waals surface area contributed by atoms with E-state index in [1.165, 1.54) is 6.33 Å². The number of carbonyl (C=O) groups is 1. The zero-order chi connectivity index (χ0) is 14.8. The molecule has 2 heterocycles. The Kier molecular flexibility index (Phi) is 4.05. The minimum Gasteiger partial charge on any atom is -0.363 e. The number of benzene rings is 1. The van der Waals surface area contributed by atoms with Crippen LogP contribution in [0.1, 0.15) is 17.2 Å². The van der Waals surface area contributed by atoms with Crippen LogP contribution in [-0.2, 0) is 16.0 Å². The Morgan fingerprint density at radius 1 is 1.29 bits per heavy atom. The summed E-state index contributed by atoms with van der Waals surface area (Å²) in [4.78, 5) is 20.0. The molecule has 1 atom stereocenters. The van der Waals surface area contributed by atoms with E-state index in [2.05, 4.69) is 15.3 Å². The van der Waals surface area contributed by atoms with Gasteiger partial charge in [-0.2, -0.15) is 0 Å². The van der Waals surface area contributed by atoms with Gasteiger partial charge in [0, 0.05) is 0 Å². The number of nitrogens with one attached hydrogen (secondary N) is 1. The molecule has 1 unspecified atom stereocenters. The van der Waals surface area contributed by atoms with Crippen molar-refractivity contribution in [1.29, 1.82) is 0 Å². The molecule has 0 saturated heterocycles. The van der Waals surface area contributed by atoms with Gasteiger partial charge in [0.1, 0.15) is 11.3 Å². The molecular formula is C14H11Cl2N3O2. The zero-order valence-corrected chi connectivity index (χ0v) is 12.4. The molecule has 0 fully saturated rings. The molecule has 0 spiro atoms. The summed E-state index contributed by atoms with van der Waals surface area (Å²) in [6.07, 6.45) is 1.35. The van der Waals surface area contributed by atoms with Crippen molar-refractivity contribution in [1.82, 2.24) is 9.97 Å². The summed E-state index contributed by atoms with van der Waals surface area (Å²) in [5.74, 6) is -0.160. The van der Waals surface area contributed by atoms with Crippen molar-refractivity contribution >= 4 is 34.9 Å². The molecule has 3 rings (SSSR count). The topological polar surface area (TPSA) is 64.1 Å². The SMILES string of the molecule is O=C(Nc1ncnc(Cl)c1Cl)C1OCCc2ccccc21. The highest BCUT2D eigenvalue weighted by Crippen LogP contribution is 2.30. The summed E-state index contributed by atoms with van der Waals surface area (Å²) >= 11 is 11.8. The van der Waals surface area contributed by atoms with Gasteiger partial charge in [-0.25, -0.2) is 9.97 Å². The number of anilines is 1. The average molecular weight is 324 g/mol. The molecule has 1 aromatic heterocycles. The number of hydrogen-bond donors (Lipinski definition) is 1. The van der Waals surface area contributed by atoms with Crippen molar-refractivity contribution in [2.45, 2.75) is 12.5 Å². The highest BCUT2D eigenvalue weighted by Gasteiger charge is 2.28. The lowest BCUT2D eigenvalue weighted by Crippen LogP contribution is -2.28. The van der Waals surface area contributed by atoms with Crippen LogP contribution in [0.5, 0.6) is 0 Å². The van der Waals surface area contributed by atoms with Crippen LogP contribution in [-0.4, -0.2) is 22.5 Å². The third-order valence-electron chi connectivity index (χ3n) is 3.22. The fourth-order valence-corrected chi connectivity index (χ4v) is 2.51. The Balaban J connectivity index is 1.85. The Bertz CT molecular complexity index is 694. The maximum Gasteiger partial charge on any atom is 0.259 e. The van der Waals surface area contributed by atoms with Crippen LogP contribution >= 0.6 is 23.2 Å². The molecule has 5 nitrogen and oxygen atoms in total. The van der Waals surface area contributed by atoms with Crippen molar-refractivity contribution in [2.24, 2.45) is 0 Å². The second-order valence-corrected chi connectivity index (χ2v) is 5.25. The van der Waals surface area contributed by atoms with E-state index in [0.717, 1.165) is 17.5 Å². The summed E-state index contributed by atoms with van der Waals surface area (Å²) in [6, 6.07) is 7.70. The number of amides is 1. The van der Waals surface area contributed by atoms with Gasteiger partial charge in [-0.3, -0.25) is 4.79 Å². The molecule has 0 aliphatic carbocycles. The predicted molar refractivity (Wildman–Crippen MR) is 79.5 cm³/mol. The van der Waals surface area contributed by atoms with Gasteiger partial charge in [-0.05, 0) is 17.5 Å². The Morgan fingerprint density at radius 3 is 2.95 bits per heavy atom. The van der Waals surface area contributed by atoms with Crippen LogP contribution in [0.4, 0.5) is 5.82 Å². The maximum atomic E-state index is 12.4. The number of ether oxygens (including phenoxy) is 1. The van der Waals surface area contributed by atoms with Crippen molar-refractivity contribution in [3.63, 3.8) is 0 Å². The molecule has 0 radical (unpaired) electrons. The van der Waals surface area contributed by atoms with E-state index in [9.17, 15) is 4.79 Å². The molecular weight excluding hydrogens is 313 g/mol. The Morgan fingerprint density at radius 2 is 2.10 bits per heavy atom. The summed E-state index contributed by atoms with van der Waals surface area (Å²) in [7, 11) is 0. The number of aromatic nitrogens is 2. The van der Waals surface area contributed by atoms with E-state index in [4.69, 9.17) is 27.9 Å². The maximum absolute atomic E-state index is 12.4. The third-order valence-corrected chi connectivity index (χ3v) is 3.96. The Hall–Kier alpha value is -1.69. The quantitative estimate of drug-likeness (QED) is 0.863. The van der Waals surface area contributed by atoms with Crippen LogP contribution in [0.25, 0.3) is 0 Å². The van der Waals surface area contributed by atoms with Gasteiger partial charge in [0.15, 0.2) is 17.1 Å². The Labute approximate surface area is 131 Å². The minimum absolute atomic E-state index is 0.0897. The van der Waals surface area contributed by atoms with E-state index in [1.807, 2.05) is 24.3 Å². The molecule has 1 amide bonds. The van der Waals surface area contributed by atoms with E-state index >= 15 is 0 Å². The first kappa shape index (κ1) is 14.3. The van der Waals surface area contributed by atoms with E-state index < -0.39 is 6.10 Å². The molecule has 1 N–H and O–H groups in total. The standard InChI is InChI=1S/C14H11Cl2N3O2/c15-10-12(16)17-7-18-13(10)19-14(20)11-9-4-2-1-3-8(9)5-6-21-11/h1-4,7,11H,5-6H2,(H,17,18,19,20). The highest BCUT2D eigenvalue weighted by molar-refractivity contribution is 6.42. The lowest BCUT2D eigenvalue weighted by molar-refractivity contribution is -0.128. The number of fused-ring (bicyclic) bond motifs is 1. The highest BCUT2D eigenvalue weighted by atomic mass is 35.5. The first-order chi connectivity index (χ1) is 10.2. The number of carbonyl (C=O) groups excluding carboxylic acids is 1. The average Bonchev–Trinajstić information content (AvgIpc) is 2.51. The van der Waals surface area contributed by atoms with Crippen molar-refractivity contribution in [3.8, 4) is 0 Å². The molecule has 2 aromatic rings. The molecule has 1 aliphatic heterocycles. The summed E-state index contributed by atoms with van der Waals surface area (Å²) in [5, 5.41) is 2.83. The van der Waals surface area contributed by atoms with Gasteiger partial charge >= 0.3 is 0 Å². The monoisotopic (exact) mass is 323 g/mol. The van der Waals surface area contributed by atoms with Gasteiger partial charge in [-0.1, -0.05) is 47.5 Å². The van der Waals surface area contributed by atoms with Crippen molar-refractivity contribution in [3.05, 3.63) is 51.9 Å². The number of hydrogen-bond acceptors (Lipinski definition) is 4. The summed E-state index contributed by atoms with van der Waals surface area (Å²) in [5.41, 5.74) is 1.97. The van der Waals surface area contributed by atoms with Gasteiger partial charge in [0.2, 0.25) is 0 Å².